The summed E-state index contributed by atoms with van der Waals surface area (Å²) in [7, 11) is 1.99. The molecule has 0 aromatic carbocycles. The van der Waals surface area contributed by atoms with Gasteiger partial charge < -0.3 is 15.2 Å². The van der Waals surface area contributed by atoms with E-state index in [0.29, 0.717) is 6.54 Å². The maximum atomic E-state index is 11.8. The highest BCUT2D eigenvalue weighted by Crippen LogP contribution is 2.07. The number of hydrogen-bond donors (Lipinski definition) is 2. The van der Waals surface area contributed by atoms with Crippen molar-refractivity contribution in [3.63, 3.8) is 0 Å². The first kappa shape index (κ1) is 11.2. The monoisotopic (exact) mass is 221 g/mol. The molecule has 1 saturated heterocycles. The fourth-order valence-corrected chi connectivity index (χ4v) is 2.06. The fraction of sp³-hybridized carbons (Fsp3) is 0.583. The molecule has 2 heterocycles. The van der Waals surface area contributed by atoms with E-state index < -0.39 is 0 Å². The van der Waals surface area contributed by atoms with Crippen LogP contribution in [-0.4, -0.2) is 23.1 Å². The Labute approximate surface area is 96.0 Å². The highest BCUT2D eigenvalue weighted by atomic mass is 16.2. The zero-order chi connectivity index (χ0) is 11.4. The van der Waals surface area contributed by atoms with Crippen molar-refractivity contribution in [2.75, 3.05) is 6.54 Å². The molecule has 1 aromatic rings. The Morgan fingerprint density at radius 1 is 1.62 bits per heavy atom. The standard InChI is InChI=1S/C12H19N3O/c1-15-8-4-5-10(15)9-14-12(16)11-6-2-3-7-13-11/h4-5,8,11,13H,2-3,6-7,9H2,1H3,(H,14,16). The molecular formula is C12H19N3O. The number of rotatable bonds is 3. The average Bonchev–Trinajstić information content (AvgIpc) is 2.73. The Morgan fingerprint density at radius 3 is 3.12 bits per heavy atom. The van der Waals surface area contributed by atoms with Crippen molar-refractivity contribution in [1.82, 2.24) is 15.2 Å². The number of nitrogens with one attached hydrogen (secondary N) is 2. The third-order valence-electron chi connectivity index (χ3n) is 3.12. The van der Waals surface area contributed by atoms with Crippen molar-refractivity contribution in [2.24, 2.45) is 7.05 Å². The SMILES string of the molecule is Cn1cccc1CNC(=O)C1CCCCN1. The van der Waals surface area contributed by atoms with Crippen LogP contribution in [0.4, 0.5) is 0 Å². The number of carbonyl (C=O) groups is 1. The smallest absolute Gasteiger partial charge is 0.237 e. The molecule has 2 N–H and O–H groups in total. The first-order valence-electron chi connectivity index (χ1n) is 5.88. The third-order valence-corrected chi connectivity index (χ3v) is 3.12. The van der Waals surface area contributed by atoms with Crippen molar-refractivity contribution in [3.05, 3.63) is 24.0 Å². The van der Waals surface area contributed by atoms with Gasteiger partial charge in [0.05, 0.1) is 12.6 Å². The minimum absolute atomic E-state index is 0.00835. The second-order valence-electron chi connectivity index (χ2n) is 4.33. The lowest BCUT2D eigenvalue weighted by atomic mass is 10.0. The van der Waals surface area contributed by atoms with Crippen LogP contribution in [0, 0.1) is 0 Å². The van der Waals surface area contributed by atoms with Crippen LogP contribution < -0.4 is 10.6 Å². The Bertz CT molecular complexity index is 353. The summed E-state index contributed by atoms with van der Waals surface area (Å²) < 4.78 is 2.02. The first-order chi connectivity index (χ1) is 7.77. The molecule has 88 valence electrons. The minimum Gasteiger partial charge on any atom is -0.353 e. The Kier molecular flexibility index (Phi) is 3.62. The predicted octanol–water partition coefficient (Wildman–Crippen LogP) is 0.783. The van der Waals surface area contributed by atoms with Gasteiger partial charge in [-0.3, -0.25) is 4.79 Å². The summed E-state index contributed by atoms with van der Waals surface area (Å²) in [4.78, 5) is 11.8. The molecule has 1 aromatic heterocycles. The van der Waals surface area contributed by atoms with Crippen molar-refractivity contribution < 1.29 is 4.79 Å². The molecule has 4 heteroatoms. The quantitative estimate of drug-likeness (QED) is 0.792. The van der Waals surface area contributed by atoms with Crippen LogP contribution in [-0.2, 0) is 18.4 Å². The molecule has 0 aliphatic carbocycles. The molecule has 2 rings (SSSR count). The number of amides is 1. The number of aryl methyl sites for hydroxylation is 1. The topological polar surface area (TPSA) is 46.1 Å². The van der Waals surface area contributed by atoms with Crippen LogP contribution in [0.5, 0.6) is 0 Å². The summed E-state index contributed by atoms with van der Waals surface area (Å²) >= 11 is 0. The lowest BCUT2D eigenvalue weighted by Crippen LogP contribution is -2.46. The lowest BCUT2D eigenvalue weighted by molar-refractivity contribution is -0.123. The normalized spacial score (nSPS) is 20.7. The van der Waals surface area contributed by atoms with Gasteiger partial charge in [-0.05, 0) is 31.5 Å². The second kappa shape index (κ2) is 5.16. The Balaban J connectivity index is 1.81. The molecule has 0 bridgehead atoms. The van der Waals surface area contributed by atoms with Gasteiger partial charge >= 0.3 is 0 Å². The van der Waals surface area contributed by atoms with E-state index in [2.05, 4.69) is 10.6 Å². The maximum absolute atomic E-state index is 11.8. The molecule has 1 atom stereocenters. The van der Waals surface area contributed by atoms with E-state index in [9.17, 15) is 4.79 Å². The van der Waals surface area contributed by atoms with Gasteiger partial charge in [0.25, 0.3) is 0 Å². The highest BCUT2D eigenvalue weighted by molar-refractivity contribution is 5.81. The van der Waals surface area contributed by atoms with E-state index in [0.717, 1.165) is 25.1 Å². The van der Waals surface area contributed by atoms with Crippen molar-refractivity contribution in [2.45, 2.75) is 31.8 Å². The molecule has 1 amide bonds. The summed E-state index contributed by atoms with van der Waals surface area (Å²) in [6, 6.07) is 4.02. The molecule has 1 aliphatic rings. The number of hydrogen-bond acceptors (Lipinski definition) is 2. The van der Waals surface area contributed by atoms with Crippen LogP contribution in [0.1, 0.15) is 25.0 Å². The minimum atomic E-state index is 0.00835. The van der Waals surface area contributed by atoms with E-state index in [-0.39, 0.29) is 11.9 Å². The Morgan fingerprint density at radius 2 is 2.50 bits per heavy atom. The van der Waals surface area contributed by atoms with Crippen molar-refractivity contribution in [3.8, 4) is 0 Å². The molecule has 1 aliphatic heterocycles. The van der Waals surface area contributed by atoms with Crippen LogP contribution in [0.15, 0.2) is 18.3 Å². The molecule has 4 nitrogen and oxygen atoms in total. The van der Waals surface area contributed by atoms with Crippen LogP contribution in [0.25, 0.3) is 0 Å². The van der Waals surface area contributed by atoms with Gasteiger partial charge in [0.15, 0.2) is 0 Å². The fourth-order valence-electron chi connectivity index (χ4n) is 2.06. The van der Waals surface area contributed by atoms with Gasteiger partial charge in [0.2, 0.25) is 5.91 Å². The van der Waals surface area contributed by atoms with Crippen LogP contribution in [0.2, 0.25) is 0 Å². The third kappa shape index (κ3) is 2.64. The van der Waals surface area contributed by atoms with Crippen LogP contribution in [0.3, 0.4) is 0 Å². The van der Waals surface area contributed by atoms with Gasteiger partial charge in [-0.25, -0.2) is 0 Å². The first-order valence-corrected chi connectivity index (χ1v) is 5.88. The Hall–Kier alpha value is -1.29. The van der Waals surface area contributed by atoms with Crippen LogP contribution >= 0.6 is 0 Å². The summed E-state index contributed by atoms with van der Waals surface area (Å²) in [6.45, 7) is 1.57. The van der Waals surface area contributed by atoms with Gasteiger partial charge in [0.1, 0.15) is 0 Å². The predicted molar refractivity (Wildman–Crippen MR) is 62.9 cm³/mol. The molecule has 1 fully saturated rings. The zero-order valence-electron chi connectivity index (χ0n) is 9.70. The summed E-state index contributed by atoms with van der Waals surface area (Å²) in [5.74, 6) is 0.126. The van der Waals surface area contributed by atoms with E-state index in [1.54, 1.807) is 0 Å². The molecule has 0 radical (unpaired) electrons. The lowest BCUT2D eigenvalue weighted by Gasteiger charge is -2.22. The van der Waals surface area contributed by atoms with E-state index in [1.165, 1.54) is 6.42 Å². The van der Waals surface area contributed by atoms with Gasteiger partial charge in [0, 0.05) is 18.9 Å². The van der Waals surface area contributed by atoms with Gasteiger partial charge in [-0.15, -0.1) is 0 Å². The molecule has 1 unspecified atom stereocenters. The van der Waals surface area contributed by atoms with E-state index >= 15 is 0 Å². The average molecular weight is 221 g/mol. The van der Waals surface area contributed by atoms with Crippen molar-refractivity contribution >= 4 is 5.91 Å². The largest absolute Gasteiger partial charge is 0.353 e. The van der Waals surface area contributed by atoms with E-state index in [4.69, 9.17) is 0 Å². The van der Waals surface area contributed by atoms with E-state index in [1.807, 2.05) is 29.9 Å². The molecule has 0 saturated carbocycles. The van der Waals surface area contributed by atoms with Gasteiger partial charge in [-0.1, -0.05) is 6.42 Å². The molecule has 16 heavy (non-hydrogen) atoms. The molecule has 0 spiro atoms. The number of carbonyl (C=O) groups excluding carboxylic acids is 1. The van der Waals surface area contributed by atoms with Gasteiger partial charge in [-0.2, -0.15) is 0 Å². The number of aromatic nitrogens is 1. The number of piperidine rings is 1. The summed E-state index contributed by atoms with van der Waals surface area (Å²) in [5.41, 5.74) is 1.13. The zero-order valence-corrected chi connectivity index (χ0v) is 9.70. The summed E-state index contributed by atoms with van der Waals surface area (Å²) in [5, 5.41) is 6.22. The second-order valence-corrected chi connectivity index (χ2v) is 4.33. The summed E-state index contributed by atoms with van der Waals surface area (Å²) in [6.07, 6.45) is 5.27. The number of nitrogens with zero attached hydrogens (tertiary/aromatic N) is 1. The molecular weight excluding hydrogens is 202 g/mol. The highest BCUT2D eigenvalue weighted by Gasteiger charge is 2.19. The van der Waals surface area contributed by atoms with Crippen molar-refractivity contribution in [1.29, 1.82) is 0 Å². The maximum Gasteiger partial charge on any atom is 0.237 e.